The third kappa shape index (κ3) is 4.58. The summed E-state index contributed by atoms with van der Waals surface area (Å²) in [4.78, 5) is -0.0435. The van der Waals surface area contributed by atoms with Gasteiger partial charge in [0.05, 0.1) is 6.61 Å². The molecule has 0 amide bonds. The topological polar surface area (TPSA) is 43.4 Å². The quantitative estimate of drug-likeness (QED) is 0.481. The molecule has 17 heavy (non-hydrogen) atoms. The molecule has 3 nitrogen and oxygen atoms in total. The van der Waals surface area contributed by atoms with Crippen LogP contribution in [0.15, 0.2) is 27.6 Å². The molecule has 0 aliphatic heterocycles. The van der Waals surface area contributed by atoms with E-state index < -0.39 is 9.05 Å². The largest absolute Gasteiger partial charge is 0.491 e. The van der Waals surface area contributed by atoms with Gasteiger partial charge in [-0.1, -0.05) is 15.9 Å². The van der Waals surface area contributed by atoms with Crippen molar-refractivity contribution in [3.63, 3.8) is 0 Å². The van der Waals surface area contributed by atoms with Crippen LogP contribution in [0.4, 0.5) is 0 Å². The highest BCUT2D eigenvalue weighted by Gasteiger charge is 2.17. The zero-order valence-corrected chi connectivity index (χ0v) is 12.2. The second kappa shape index (κ2) is 6.29. The minimum absolute atomic E-state index is 0.0435. The van der Waals surface area contributed by atoms with Gasteiger partial charge in [-0.15, -0.1) is 11.8 Å². The summed E-state index contributed by atoms with van der Waals surface area (Å²) in [6.07, 6.45) is 0.536. The molecule has 0 aliphatic rings. The van der Waals surface area contributed by atoms with E-state index in [-0.39, 0.29) is 10.6 Å². The maximum Gasteiger partial charge on any atom is 0.265 e. The number of ether oxygens (including phenoxy) is 1. The molecule has 0 aliphatic carbocycles. The molecule has 0 unspecified atom stereocenters. The summed E-state index contributed by atoms with van der Waals surface area (Å²) in [5, 5.41) is 0. The van der Waals surface area contributed by atoms with Crippen LogP contribution in [0, 0.1) is 11.8 Å². The highest BCUT2D eigenvalue weighted by atomic mass is 79.9. The van der Waals surface area contributed by atoms with Crippen LogP contribution in [0.2, 0.25) is 0 Å². The molecule has 1 rings (SSSR count). The Kier molecular flexibility index (Phi) is 5.31. The van der Waals surface area contributed by atoms with Gasteiger partial charge in [0, 0.05) is 21.6 Å². The van der Waals surface area contributed by atoms with E-state index in [4.69, 9.17) is 15.4 Å². The number of hydrogen-bond donors (Lipinski definition) is 0. The highest BCUT2D eigenvalue weighted by Crippen LogP contribution is 2.30. The van der Waals surface area contributed by atoms with Gasteiger partial charge < -0.3 is 4.74 Å². The highest BCUT2D eigenvalue weighted by molar-refractivity contribution is 9.10. The molecule has 0 saturated heterocycles. The Labute approximate surface area is 114 Å². The van der Waals surface area contributed by atoms with E-state index in [0.29, 0.717) is 17.5 Å². The predicted octanol–water partition coefficient (Wildman–Crippen LogP) is 3.17. The number of halogens is 2. The minimum Gasteiger partial charge on any atom is -0.491 e. The summed E-state index contributed by atoms with van der Waals surface area (Å²) in [6.45, 7) is 2.05. The van der Waals surface area contributed by atoms with Crippen molar-refractivity contribution in [1.29, 1.82) is 0 Å². The van der Waals surface area contributed by atoms with Gasteiger partial charge in [-0.2, -0.15) is 0 Å². The molecule has 1 aromatic carbocycles. The summed E-state index contributed by atoms with van der Waals surface area (Å²) < 4.78 is 28.6. The lowest BCUT2D eigenvalue weighted by molar-refractivity contribution is 0.319. The van der Waals surface area contributed by atoms with Gasteiger partial charge in [0.15, 0.2) is 0 Å². The molecule has 1 aromatic rings. The number of rotatable bonds is 4. The van der Waals surface area contributed by atoms with Crippen molar-refractivity contribution in [1.82, 2.24) is 0 Å². The maximum atomic E-state index is 11.3. The summed E-state index contributed by atoms with van der Waals surface area (Å²) in [5.41, 5.74) is 0. The van der Waals surface area contributed by atoms with Gasteiger partial charge in [0.1, 0.15) is 10.6 Å². The number of benzene rings is 1. The molecular weight excluding hydrogens is 328 g/mol. The van der Waals surface area contributed by atoms with E-state index in [2.05, 4.69) is 27.8 Å². The van der Waals surface area contributed by atoms with Crippen molar-refractivity contribution in [2.75, 3.05) is 6.61 Å². The average Bonchev–Trinajstić information content (AvgIpc) is 2.25. The Morgan fingerprint density at radius 3 is 2.76 bits per heavy atom. The molecule has 0 spiro atoms. The van der Waals surface area contributed by atoms with Crippen molar-refractivity contribution in [3.8, 4) is 17.6 Å². The van der Waals surface area contributed by atoms with Crippen molar-refractivity contribution in [3.05, 3.63) is 22.7 Å². The van der Waals surface area contributed by atoms with E-state index in [1.165, 1.54) is 6.07 Å². The summed E-state index contributed by atoms with van der Waals surface area (Å²) in [7, 11) is 1.50. The fourth-order valence-corrected chi connectivity index (χ4v) is 2.64. The van der Waals surface area contributed by atoms with Crippen LogP contribution < -0.4 is 4.74 Å². The molecule has 0 N–H and O–H groups in total. The van der Waals surface area contributed by atoms with Crippen LogP contribution in [0.1, 0.15) is 13.3 Å². The first-order valence-corrected chi connectivity index (χ1v) is 7.82. The molecule has 0 fully saturated rings. The van der Waals surface area contributed by atoms with Crippen molar-refractivity contribution in [2.45, 2.75) is 18.2 Å². The van der Waals surface area contributed by atoms with Crippen LogP contribution in [0.3, 0.4) is 0 Å². The molecule has 92 valence electrons. The van der Waals surface area contributed by atoms with E-state index >= 15 is 0 Å². The first-order valence-electron chi connectivity index (χ1n) is 4.72. The Morgan fingerprint density at radius 2 is 2.18 bits per heavy atom. The van der Waals surface area contributed by atoms with Crippen molar-refractivity contribution >= 4 is 35.7 Å². The summed E-state index contributed by atoms with van der Waals surface area (Å²) >= 11 is 3.18. The standard InChI is InChI=1S/C11H10BrClO3S/c1-2-3-4-7-16-10-6-5-9(12)8-11(10)17(13,14)15/h5-6,8H,4,7H2,1H3. The van der Waals surface area contributed by atoms with Gasteiger partial charge >= 0.3 is 0 Å². The van der Waals surface area contributed by atoms with Crippen LogP contribution in [0.25, 0.3) is 0 Å². The molecule has 0 saturated carbocycles. The fourth-order valence-electron chi connectivity index (χ4n) is 1.13. The zero-order chi connectivity index (χ0) is 12.9. The van der Waals surface area contributed by atoms with Crippen molar-refractivity contribution in [2.24, 2.45) is 0 Å². The molecule has 0 aromatic heterocycles. The third-order valence-corrected chi connectivity index (χ3v) is 3.67. The van der Waals surface area contributed by atoms with Crippen LogP contribution in [-0.2, 0) is 9.05 Å². The van der Waals surface area contributed by atoms with Gasteiger partial charge in [0.2, 0.25) is 0 Å². The van der Waals surface area contributed by atoms with Gasteiger partial charge in [-0.05, 0) is 25.1 Å². The first kappa shape index (κ1) is 14.4. The molecule has 0 atom stereocenters. The maximum absolute atomic E-state index is 11.3. The second-order valence-corrected chi connectivity index (χ2v) is 6.50. The lowest BCUT2D eigenvalue weighted by Gasteiger charge is -2.08. The molecule has 6 heteroatoms. The SMILES string of the molecule is CC#CCCOc1ccc(Br)cc1S(=O)(=O)Cl. The zero-order valence-electron chi connectivity index (χ0n) is 9.04. The van der Waals surface area contributed by atoms with Crippen molar-refractivity contribution < 1.29 is 13.2 Å². The molecule has 0 heterocycles. The van der Waals surface area contributed by atoms with E-state index in [1.807, 2.05) is 0 Å². The first-order chi connectivity index (χ1) is 7.95. The lowest BCUT2D eigenvalue weighted by atomic mass is 10.3. The normalized spacial score (nSPS) is 10.5. The molecule has 0 radical (unpaired) electrons. The summed E-state index contributed by atoms with van der Waals surface area (Å²) in [6, 6.07) is 4.65. The Hall–Kier alpha value is -0.700. The van der Waals surface area contributed by atoms with Crippen LogP contribution in [0.5, 0.6) is 5.75 Å². The number of hydrogen-bond acceptors (Lipinski definition) is 3. The van der Waals surface area contributed by atoms with Gasteiger partial charge in [-0.25, -0.2) is 8.42 Å². The Balaban J connectivity index is 2.94. The molecule has 0 bridgehead atoms. The van der Waals surface area contributed by atoms with Crippen LogP contribution in [-0.4, -0.2) is 15.0 Å². The monoisotopic (exact) mass is 336 g/mol. The Bertz CT molecular complexity index is 558. The Morgan fingerprint density at radius 1 is 1.47 bits per heavy atom. The lowest BCUT2D eigenvalue weighted by Crippen LogP contribution is -2.01. The van der Waals surface area contributed by atoms with E-state index in [1.54, 1.807) is 19.1 Å². The van der Waals surface area contributed by atoms with Gasteiger partial charge in [-0.3, -0.25) is 0 Å². The summed E-state index contributed by atoms with van der Waals surface area (Å²) in [5.74, 6) is 5.78. The molecular formula is C11H10BrClO3S. The smallest absolute Gasteiger partial charge is 0.265 e. The predicted molar refractivity (Wildman–Crippen MR) is 70.7 cm³/mol. The average molecular weight is 338 g/mol. The third-order valence-electron chi connectivity index (χ3n) is 1.83. The fraction of sp³-hybridized carbons (Fsp3) is 0.273. The van der Waals surface area contributed by atoms with E-state index in [9.17, 15) is 8.42 Å². The second-order valence-electron chi connectivity index (χ2n) is 3.05. The van der Waals surface area contributed by atoms with E-state index in [0.717, 1.165) is 0 Å². The van der Waals surface area contributed by atoms with Gasteiger partial charge in [0.25, 0.3) is 9.05 Å². The van der Waals surface area contributed by atoms with Crippen LogP contribution >= 0.6 is 26.6 Å². The minimum atomic E-state index is -3.82.